The Hall–Kier alpha value is -4.08. The highest BCUT2D eigenvalue weighted by molar-refractivity contribution is 6.13. The quantitative estimate of drug-likeness (QED) is 0.736. The fourth-order valence-corrected chi connectivity index (χ4v) is 4.07. The number of nitrogens with one attached hydrogen (secondary N) is 1. The second-order valence-electron chi connectivity index (χ2n) is 8.52. The largest absolute Gasteiger partial charge is 0.445 e. The van der Waals surface area contributed by atoms with Crippen LogP contribution in [0.5, 0.6) is 0 Å². The van der Waals surface area contributed by atoms with Crippen molar-refractivity contribution in [3.63, 3.8) is 0 Å². The number of carbonyl (C=O) groups is 4. The second-order valence-corrected chi connectivity index (χ2v) is 8.52. The monoisotopic (exact) mass is 466 g/mol. The van der Waals surface area contributed by atoms with Crippen LogP contribution in [0.25, 0.3) is 0 Å². The number of carbonyl (C=O) groups excluding carboxylic acids is 4. The third-order valence-corrected chi connectivity index (χ3v) is 5.34. The van der Waals surface area contributed by atoms with E-state index in [4.69, 9.17) is 9.47 Å². The molecule has 10 nitrogen and oxygen atoms in total. The first-order valence-electron chi connectivity index (χ1n) is 11.0. The minimum atomic E-state index is -2.01. The van der Waals surface area contributed by atoms with E-state index >= 15 is 0 Å². The average molecular weight is 466 g/mol. The summed E-state index contributed by atoms with van der Waals surface area (Å²) >= 11 is 0. The number of fused-ring (bicyclic) bond motifs is 2. The summed E-state index contributed by atoms with van der Waals surface area (Å²) in [6.07, 6.45) is -3.29. The van der Waals surface area contributed by atoms with E-state index in [1.807, 2.05) is 30.3 Å². The zero-order valence-electron chi connectivity index (χ0n) is 19.3. The molecule has 1 saturated heterocycles. The smallest absolute Gasteiger partial charge is 0.438 e. The Bertz CT molecular complexity index is 1140. The van der Waals surface area contributed by atoms with E-state index in [1.54, 1.807) is 52.0 Å². The van der Waals surface area contributed by atoms with E-state index in [1.165, 1.54) is 4.90 Å². The van der Waals surface area contributed by atoms with Crippen molar-refractivity contribution in [3.8, 4) is 0 Å². The molecule has 2 aromatic carbocycles. The topological polar surface area (TPSA) is 108 Å². The summed E-state index contributed by atoms with van der Waals surface area (Å²) in [4.78, 5) is 54.7. The maximum absolute atomic E-state index is 14.0. The van der Waals surface area contributed by atoms with Gasteiger partial charge in [-0.2, -0.15) is 5.01 Å². The van der Waals surface area contributed by atoms with Crippen LogP contribution in [0, 0.1) is 0 Å². The first-order valence-corrected chi connectivity index (χ1v) is 11.0. The van der Waals surface area contributed by atoms with Gasteiger partial charge in [-0.1, -0.05) is 48.5 Å². The summed E-state index contributed by atoms with van der Waals surface area (Å²) in [7, 11) is 0. The number of anilines is 1. The van der Waals surface area contributed by atoms with Gasteiger partial charge in [-0.25, -0.2) is 14.4 Å². The third kappa shape index (κ3) is 3.70. The number of hydrogen-bond acceptors (Lipinski definition) is 6. The van der Waals surface area contributed by atoms with Crippen LogP contribution in [0.4, 0.5) is 20.1 Å². The second kappa shape index (κ2) is 8.69. The minimum absolute atomic E-state index is 0.192. The molecule has 0 bridgehead atoms. The van der Waals surface area contributed by atoms with E-state index in [0.717, 1.165) is 10.6 Å². The summed E-state index contributed by atoms with van der Waals surface area (Å²) < 4.78 is 10.5. The summed E-state index contributed by atoms with van der Waals surface area (Å²) in [5.74, 6) is -0.605. The van der Waals surface area contributed by atoms with Crippen molar-refractivity contribution in [2.75, 3.05) is 4.90 Å². The fraction of sp³-hybridized carbons (Fsp3) is 0.333. The van der Waals surface area contributed by atoms with Gasteiger partial charge in [0.1, 0.15) is 0 Å². The van der Waals surface area contributed by atoms with Crippen molar-refractivity contribution in [1.82, 2.24) is 15.3 Å². The van der Waals surface area contributed by atoms with Gasteiger partial charge in [0.25, 0.3) is 5.91 Å². The molecule has 34 heavy (non-hydrogen) atoms. The zero-order valence-corrected chi connectivity index (χ0v) is 19.3. The van der Waals surface area contributed by atoms with Gasteiger partial charge in [-0.15, -0.1) is 5.01 Å². The Morgan fingerprint density at radius 1 is 0.882 bits per heavy atom. The number of nitrogens with zero attached hydrogens (tertiary/aromatic N) is 3. The maximum atomic E-state index is 14.0. The number of ether oxygens (including phenoxy) is 2. The molecule has 2 aliphatic heterocycles. The molecule has 2 aliphatic rings. The van der Waals surface area contributed by atoms with Gasteiger partial charge in [-0.05, 0) is 39.3 Å². The van der Waals surface area contributed by atoms with Crippen molar-refractivity contribution in [1.29, 1.82) is 0 Å². The van der Waals surface area contributed by atoms with Crippen molar-refractivity contribution >= 4 is 29.8 Å². The lowest BCUT2D eigenvalue weighted by molar-refractivity contribution is -0.134. The van der Waals surface area contributed by atoms with Crippen LogP contribution in [-0.4, -0.2) is 46.4 Å². The van der Waals surface area contributed by atoms with Gasteiger partial charge >= 0.3 is 18.2 Å². The molecule has 2 heterocycles. The lowest BCUT2D eigenvalue weighted by Gasteiger charge is -2.34. The van der Waals surface area contributed by atoms with Gasteiger partial charge in [0.15, 0.2) is 0 Å². The molecule has 1 atom stereocenters. The maximum Gasteiger partial charge on any atom is 0.438 e. The van der Waals surface area contributed by atoms with E-state index in [2.05, 4.69) is 5.32 Å². The normalized spacial score (nSPS) is 19.2. The number of hydrazine groups is 1. The van der Waals surface area contributed by atoms with Crippen LogP contribution >= 0.6 is 0 Å². The number of rotatable bonds is 4. The molecule has 1 unspecified atom stereocenters. The lowest BCUT2D eigenvalue weighted by atomic mass is 10.0. The lowest BCUT2D eigenvalue weighted by Crippen LogP contribution is -2.60. The van der Waals surface area contributed by atoms with Crippen LogP contribution in [0.3, 0.4) is 0 Å². The van der Waals surface area contributed by atoms with Gasteiger partial charge in [0.2, 0.25) is 5.66 Å². The predicted molar refractivity (Wildman–Crippen MR) is 121 cm³/mol. The first-order chi connectivity index (χ1) is 16.2. The highest BCUT2D eigenvalue weighted by Gasteiger charge is 2.67. The number of para-hydroxylation sites is 1. The van der Waals surface area contributed by atoms with Crippen molar-refractivity contribution in [3.05, 3.63) is 65.7 Å². The van der Waals surface area contributed by atoms with Crippen LogP contribution in [-0.2, 0) is 26.5 Å². The van der Waals surface area contributed by atoms with E-state index in [-0.39, 0.29) is 6.54 Å². The van der Waals surface area contributed by atoms with Crippen molar-refractivity contribution in [2.45, 2.75) is 52.1 Å². The molecule has 2 aromatic rings. The van der Waals surface area contributed by atoms with Gasteiger partial charge < -0.3 is 14.4 Å². The molecule has 0 aromatic heterocycles. The molecular weight excluding hydrogens is 440 g/mol. The molecule has 10 heteroatoms. The summed E-state index contributed by atoms with van der Waals surface area (Å²) in [6, 6.07) is 15.1. The molecule has 4 rings (SSSR count). The molecule has 1 fully saturated rings. The van der Waals surface area contributed by atoms with Crippen LogP contribution in [0.15, 0.2) is 54.6 Å². The molecular formula is C24H26N4O6. The Labute approximate surface area is 197 Å². The number of amides is 5. The third-order valence-electron chi connectivity index (χ3n) is 5.34. The van der Waals surface area contributed by atoms with E-state index in [0.29, 0.717) is 16.3 Å². The van der Waals surface area contributed by atoms with Crippen molar-refractivity contribution in [2.24, 2.45) is 0 Å². The van der Waals surface area contributed by atoms with Gasteiger partial charge in [0, 0.05) is 5.56 Å². The Morgan fingerprint density at radius 2 is 1.47 bits per heavy atom. The molecule has 0 radical (unpaired) electrons. The molecule has 0 aliphatic carbocycles. The summed E-state index contributed by atoms with van der Waals surface area (Å²) in [5.41, 5.74) is -0.327. The summed E-state index contributed by atoms with van der Waals surface area (Å²) in [6.45, 7) is 6.65. The molecule has 5 amide bonds. The highest BCUT2D eigenvalue weighted by atomic mass is 16.6. The Balaban J connectivity index is 1.85. The Kier molecular flexibility index (Phi) is 5.90. The summed E-state index contributed by atoms with van der Waals surface area (Å²) in [5, 5.41) is 3.80. The first kappa shape index (κ1) is 23.1. The number of imide groups is 1. The van der Waals surface area contributed by atoms with Crippen molar-refractivity contribution < 1.29 is 28.7 Å². The fourth-order valence-electron chi connectivity index (χ4n) is 4.07. The van der Waals surface area contributed by atoms with E-state index < -0.39 is 42.0 Å². The molecule has 1 spiro atoms. The van der Waals surface area contributed by atoms with Crippen LogP contribution in [0.2, 0.25) is 0 Å². The van der Waals surface area contributed by atoms with Gasteiger partial charge in [0.05, 0.1) is 24.4 Å². The number of hydrogen-bond donors (Lipinski definition) is 1. The minimum Gasteiger partial charge on any atom is -0.445 e. The van der Waals surface area contributed by atoms with Gasteiger partial charge in [-0.3, -0.25) is 10.1 Å². The zero-order chi connectivity index (χ0) is 24.6. The molecule has 178 valence electrons. The van der Waals surface area contributed by atoms with E-state index in [9.17, 15) is 19.2 Å². The average Bonchev–Trinajstić information content (AvgIpc) is 3.21. The number of benzene rings is 2. The number of urea groups is 1. The Morgan fingerprint density at radius 3 is 2.12 bits per heavy atom. The highest BCUT2D eigenvalue weighted by Crippen LogP contribution is 2.46. The standard InChI is InChI=1S/C24H26N4O6/c1-15(2)33-22(31)27-21(30)25-24(28(27)23(32)34-16(3)4)18-12-8-9-13-19(18)26(20(24)29)14-17-10-6-5-7-11-17/h5-13,15-16H,14H2,1-4H3,(H,25,30). The SMILES string of the molecule is CC(C)OC(=O)N1C(=O)NC2(C(=O)N(Cc3ccccc3)c3ccccc32)N1C(=O)OC(C)C. The van der Waals surface area contributed by atoms with Crippen LogP contribution in [0.1, 0.15) is 38.8 Å². The molecule has 1 N–H and O–H groups in total. The molecule has 0 saturated carbocycles. The van der Waals surface area contributed by atoms with Crippen LogP contribution < -0.4 is 10.2 Å². The predicted octanol–water partition coefficient (Wildman–Crippen LogP) is 3.72.